The van der Waals surface area contributed by atoms with E-state index in [0.29, 0.717) is 11.6 Å². The molecule has 3 rings (SSSR count). The van der Waals surface area contributed by atoms with Crippen molar-refractivity contribution < 1.29 is 9.53 Å². The van der Waals surface area contributed by atoms with Gasteiger partial charge in [-0.3, -0.25) is 9.36 Å². The van der Waals surface area contributed by atoms with Gasteiger partial charge in [0.2, 0.25) is 5.91 Å². The van der Waals surface area contributed by atoms with Crippen molar-refractivity contribution in [1.82, 2.24) is 14.8 Å². The van der Waals surface area contributed by atoms with Gasteiger partial charge in [-0.1, -0.05) is 42.1 Å². The fourth-order valence-corrected chi connectivity index (χ4v) is 3.12. The first-order valence-electron chi connectivity index (χ1n) is 7.71. The van der Waals surface area contributed by atoms with Crippen molar-refractivity contribution in [2.24, 2.45) is 5.73 Å². The number of nitrogens with two attached hydrogens (primary N) is 1. The predicted molar refractivity (Wildman–Crippen MR) is 97.1 cm³/mol. The highest BCUT2D eigenvalue weighted by atomic mass is 32.2. The SMILES string of the molecule is COc1ccc(-n2c(Cc3ccccc3)nnc2SCC(N)=O)cc1. The Bertz CT molecular complexity index is 847. The van der Waals surface area contributed by atoms with Crippen LogP contribution in [0.15, 0.2) is 59.8 Å². The number of rotatable bonds is 7. The van der Waals surface area contributed by atoms with Gasteiger partial charge in [-0.25, -0.2) is 0 Å². The van der Waals surface area contributed by atoms with Gasteiger partial charge >= 0.3 is 0 Å². The lowest BCUT2D eigenvalue weighted by atomic mass is 10.1. The van der Waals surface area contributed by atoms with Crippen LogP contribution in [0.25, 0.3) is 5.69 Å². The lowest BCUT2D eigenvalue weighted by Gasteiger charge is -2.11. The van der Waals surface area contributed by atoms with Crippen molar-refractivity contribution >= 4 is 17.7 Å². The van der Waals surface area contributed by atoms with Crippen LogP contribution in [-0.4, -0.2) is 33.5 Å². The third-order valence-corrected chi connectivity index (χ3v) is 4.53. The number of amides is 1. The first kappa shape index (κ1) is 17.0. The van der Waals surface area contributed by atoms with Crippen LogP contribution in [0.4, 0.5) is 0 Å². The topological polar surface area (TPSA) is 83.0 Å². The average molecular weight is 354 g/mol. The van der Waals surface area contributed by atoms with Crippen molar-refractivity contribution in [3.05, 3.63) is 66.0 Å². The van der Waals surface area contributed by atoms with Crippen LogP contribution < -0.4 is 10.5 Å². The number of aromatic nitrogens is 3. The van der Waals surface area contributed by atoms with Crippen molar-refractivity contribution in [3.8, 4) is 11.4 Å². The molecular weight excluding hydrogens is 336 g/mol. The van der Waals surface area contributed by atoms with Crippen molar-refractivity contribution in [1.29, 1.82) is 0 Å². The summed E-state index contributed by atoms with van der Waals surface area (Å²) in [6.07, 6.45) is 0.636. The second kappa shape index (κ2) is 7.85. The lowest BCUT2D eigenvalue weighted by Crippen LogP contribution is -2.14. The van der Waals surface area contributed by atoms with Gasteiger partial charge in [-0.15, -0.1) is 10.2 Å². The van der Waals surface area contributed by atoms with Crippen LogP contribution in [-0.2, 0) is 11.2 Å². The molecule has 1 heterocycles. The molecule has 0 spiro atoms. The Hall–Kier alpha value is -2.80. The number of hydrogen-bond donors (Lipinski definition) is 1. The maximum Gasteiger partial charge on any atom is 0.227 e. The van der Waals surface area contributed by atoms with Crippen molar-refractivity contribution in [2.75, 3.05) is 12.9 Å². The monoisotopic (exact) mass is 354 g/mol. The summed E-state index contributed by atoms with van der Waals surface area (Å²) < 4.78 is 7.16. The number of ether oxygens (including phenoxy) is 1. The molecule has 0 radical (unpaired) electrons. The van der Waals surface area contributed by atoms with Crippen LogP contribution in [0.5, 0.6) is 5.75 Å². The largest absolute Gasteiger partial charge is 0.497 e. The van der Waals surface area contributed by atoms with Crippen molar-refractivity contribution in [3.63, 3.8) is 0 Å². The molecule has 0 aliphatic carbocycles. The predicted octanol–water partition coefficient (Wildman–Crippen LogP) is 2.44. The van der Waals surface area contributed by atoms with E-state index in [1.165, 1.54) is 11.8 Å². The lowest BCUT2D eigenvalue weighted by molar-refractivity contribution is -0.115. The molecule has 1 amide bonds. The fraction of sp³-hybridized carbons (Fsp3) is 0.167. The number of primary amides is 1. The molecule has 0 saturated heterocycles. The van der Waals surface area contributed by atoms with Crippen LogP contribution in [0.1, 0.15) is 11.4 Å². The highest BCUT2D eigenvalue weighted by Crippen LogP contribution is 2.24. The summed E-state index contributed by atoms with van der Waals surface area (Å²) in [5.41, 5.74) is 7.31. The van der Waals surface area contributed by atoms with Crippen LogP contribution >= 0.6 is 11.8 Å². The van der Waals surface area contributed by atoms with Gasteiger partial charge in [0.25, 0.3) is 0 Å². The van der Waals surface area contributed by atoms with Gasteiger partial charge in [-0.05, 0) is 29.8 Å². The minimum Gasteiger partial charge on any atom is -0.497 e. The van der Waals surface area contributed by atoms with Crippen LogP contribution in [0.3, 0.4) is 0 Å². The van der Waals surface area contributed by atoms with Gasteiger partial charge in [0.1, 0.15) is 11.6 Å². The number of nitrogens with zero attached hydrogens (tertiary/aromatic N) is 3. The van der Waals surface area contributed by atoms with E-state index in [1.54, 1.807) is 7.11 Å². The van der Waals surface area contributed by atoms with E-state index in [4.69, 9.17) is 10.5 Å². The Labute approximate surface area is 150 Å². The van der Waals surface area contributed by atoms with Crippen LogP contribution in [0, 0.1) is 0 Å². The second-order valence-corrected chi connectivity index (χ2v) is 6.29. The molecule has 7 heteroatoms. The number of thioether (sulfide) groups is 1. The van der Waals surface area contributed by atoms with Gasteiger partial charge in [0.05, 0.1) is 12.9 Å². The van der Waals surface area contributed by atoms with E-state index in [1.807, 2.05) is 59.2 Å². The Morgan fingerprint density at radius 3 is 2.48 bits per heavy atom. The Kier molecular flexibility index (Phi) is 5.35. The van der Waals surface area contributed by atoms with E-state index >= 15 is 0 Å². The number of carbonyl (C=O) groups excluding carboxylic acids is 1. The molecule has 0 aliphatic heterocycles. The van der Waals surface area contributed by atoms with Gasteiger partial charge in [0.15, 0.2) is 5.16 Å². The molecule has 0 saturated carbocycles. The van der Waals surface area contributed by atoms with E-state index < -0.39 is 0 Å². The van der Waals surface area contributed by atoms with E-state index in [9.17, 15) is 4.79 Å². The third-order valence-electron chi connectivity index (χ3n) is 3.58. The van der Waals surface area contributed by atoms with Gasteiger partial charge in [0, 0.05) is 12.1 Å². The molecule has 6 nitrogen and oxygen atoms in total. The minimum absolute atomic E-state index is 0.152. The van der Waals surface area contributed by atoms with E-state index in [0.717, 1.165) is 22.8 Å². The molecule has 0 atom stereocenters. The maximum atomic E-state index is 11.1. The normalized spacial score (nSPS) is 10.6. The molecule has 2 aromatic carbocycles. The fourth-order valence-electron chi connectivity index (χ4n) is 2.41. The highest BCUT2D eigenvalue weighted by molar-refractivity contribution is 7.99. The van der Waals surface area contributed by atoms with Crippen molar-refractivity contribution in [2.45, 2.75) is 11.6 Å². The smallest absolute Gasteiger partial charge is 0.227 e. The highest BCUT2D eigenvalue weighted by Gasteiger charge is 2.15. The summed E-state index contributed by atoms with van der Waals surface area (Å²) in [4.78, 5) is 11.1. The number of hydrogen-bond acceptors (Lipinski definition) is 5. The molecule has 128 valence electrons. The zero-order chi connectivity index (χ0) is 17.6. The zero-order valence-corrected chi connectivity index (χ0v) is 14.6. The average Bonchev–Trinajstić information content (AvgIpc) is 3.03. The Morgan fingerprint density at radius 1 is 1.12 bits per heavy atom. The summed E-state index contributed by atoms with van der Waals surface area (Å²) in [5.74, 6) is 1.33. The van der Waals surface area contributed by atoms with Crippen LogP contribution in [0.2, 0.25) is 0 Å². The number of methoxy groups -OCH3 is 1. The molecule has 25 heavy (non-hydrogen) atoms. The summed E-state index contributed by atoms with van der Waals surface area (Å²) in [7, 11) is 1.63. The van der Waals surface area contributed by atoms with Gasteiger partial charge < -0.3 is 10.5 Å². The molecule has 1 aromatic heterocycles. The molecule has 0 unspecified atom stereocenters. The molecular formula is C18H18N4O2S. The third kappa shape index (κ3) is 4.19. The number of benzene rings is 2. The quantitative estimate of drug-likeness (QED) is 0.659. The van der Waals surface area contributed by atoms with E-state index in [2.05, 4.69) is 10.2 Å². The van der Waals surface area contributed by atoms with Gasteiger partial charge in [-0.2, -0.15) is 0 Å². The summed E-state index contributed by atoms with van der Waals surface area (Å²) in [6.45, 7) is 0. The Morgan fingerprint density at radius 2 is 1.84 bits per heavy atom. The number of carbonyl (C=O) groups is 1. The minimum atomic E-state index is -0.390. The zero-order valence-electron chi connectivity index (χ0n) is 13.8. The molecule has 0 aliphatic rings. The second-order valence-electron chi connectivity index (χ2n) is 5.35. The summed E-state index contributed by atoms with van der Waals surface area (Å²) in [5, 5.41) is 9.19. The first-order chi connectivity index (χ1) is 12.2. The summed E-state index contributed by atoms with van der Waals surface area (Å²) >= 11 is 1.27. The Balaban J connectivity index is 1.97. The molecule has 2 N–H and O–H groups in total. The molecule has 3 aromatic rings. The first-order valence-corrected chi connectivity index (χ1v) is 8.69. The maximum absolute atomic E-state index is 11.1. The molecule has 0 fully saturated rings. The van der Waals surface area contributed by atoms with E-state index in [-0.39, 0.29) is 11.7 Å². The summed E-state index contributed by atoms with van der Waals surface area (Å²) in [6, 6.07) is 17.7. The molecule has 0 bridgehead atoms. The standard InChI is InChI=1S/C18H18N4O2S/c1-24-15-9-7-14(8-10-15)22-17(11-13-5-3-2-4-6-13)20-21-18(22)25-12-16(19)23/h2-10H,11-12H2,1H3,(H2,19,23).